The zero-order chi connectivity index (χ0) is 18.0. The Morgan fingerprint density at radius 3 is 2.92 bits per heavy atom. The number of hydrogen-bond donors (Lipinski definition) is 2. The van der Waals surface area contributed by atoms with Crippen LogP contribution in [0, 0.1) is 5.82 Å². The van der Waals surface area contributed by atoms with Crippen LogP contribution in [-0.4, -0.2) is 28.6 Å². The van der Waals surface area contributed by atoms with Crippen LogP contribution < -0.4 is 5.32 Å². The van der Waals surface area contributed by atoms with Gasteiger partial charge in [-0.25, -0.2) is 14.2 Å². The maximum absolute atomic E-state index is 13.6. The summed E-state index contributed by atoms with van der Waals surface area (Å²) in [4.78, 5) is 28.3. The quantitative estimate of drug-likeness (QED) is 0.825. The number of carboxylic acids is 1. The molecule has 132 valence electrons. The molecule has 0 bridgehead atoms. The largest absolute Gasteiger partial charge is 0.479 e. The monoisotopic (exact) mass is 384 g/mol. The van der Waals surface area contributed by atoms with Crippen molar-refractivity contribution in [2.75, 3.05) is 6.61 Å². The van der Waals surface area contributed by atoms with Crippen molar-refractivity contribution in [1.29, 1.82) is 0 Å². The predicted molar refractivity (Wildman–Crippen MR) is 89.3 cm³/mol. The van der Waals surface area contributed by atoms with Crippen molar-refractivity contribution in [3.63, 3.8) is 0 Å². The normalized spacial score (nSPS) is 18.1. The number of nitrogens with one attached hydrogen (secondary N) is 1. The van der Waals surface area contributed by atoms with Gasteiger partial charge in [0.1, 0.15) is 21.8 Å². The first-order valence-corrected chi connectivity index (χ1v) is 8.71. The lowest BCUT2D eigenvalue weighted by Crippen LogP contribution is -2.33. The van der Waals surface area contributed by atoms with Crippen LogP contribution in [0.2, 0.25) is 5.02 Å². The molecule has 1 fully saturated rings. The van der Waals surface area contributed by atoms with Crippen molar-refractivity contribution >= 4 is 34.8 Å². The smallest absolute Gasteiger partial charge is 0.330 e. The summed E-state index contributed by atoms with van der Waals surface area (Å²) < 4.78 is 19.1. The molecule has 6 nitrogen and oxygen atoms in total. The van der Waals surface area contributed by atoms with Gasteiger partial charge in [-0.3, -0.25) is 4.79 Å². The van der Waals surface area contributed by atoms with Crippen molar-refractivity contribution in [3.05, 3.63) is 50.7 Å². The highest BCUT2D eigenvalue weighted by atomic mass is 35.5. The highest BCUT2D eigenvalue weighted by molar-refractivity contribution is 7.13. The summed E-state index contributed by atoms with van der Waals surface area (Å²) in [6, 6.07) is 2.20. The highest BCUT2D eigenvalue weighted by Gasteiger charge is 2.26. The van der Waals surface area contributed by atoms with Crippen LogP contribution in [0.1, 0.15) is 45.2 Å². The van der Waals surface area contributed by atoms with Gasteiger partial charge in [-0.05, 0) is 30.5 Å². The average molecular weight is 385 g/mol. The molecular formula is C16H14ClFN2O4S. The molecule has 9 heteroatoms. The van der Waals surface area contributed by atoms with Crippen molar-refractivity contribution in [2.24, 2.45) is 0 Å². The topological polar surface area (TPSA) is 88.5 Å². The van der Waals surface area contributed by atoms with E-state index in [1.165, 1.54) is 18.3 Å². The number of aliphatic carboxylic acids is 1. The minimum atomic E-state index is -1.40. The van der Waals surface area contributed by atoms with Crippen LogP contribution >= 0.6 is 22.9 Å². The second-order valence-electron chi connectivity index (χ2n) is 5.48. The van der Waals surface area contributed by atoms with Crippen LogP contribution in [-0.2, 0) is 9.53 Å². The molecule has 0 saturated carbocycles. The molecule has 1 amide bonds. The van der Waals surface area contributed by atoms with E-state index in [4.69, 9.17) is 16.3 Å². The summed E-state index contributed by atoms with van der Waals surface area (Å²) in [5, 5.41) is 12.3. The van der Waals surface area contributed by atoms with Crippen molar-refractivity contribution in [1.82, 2.24) is 10.3 Å². The molecule has 0 spiro atoms. The van der Waals surface area contributed by atoms with Gasteiger partial charge in [0.25, 0.3) is 5.91 Å². The zero-order valence-electron chi connectivity index (χ0n) is 12.9. The average Bonchev–Trinajstić information content (AvgIpc) is 3.25. The Kier molecular flexibility index (Phi) is 5.31. The van der Waals surface area contributed by atoms with E-state index in [1.807, 2.05) is 0 Å². The maximum atomic E-state index is 13.6. The third-order valence-corrected chi connectivity index (χ3v) is 5.15. The third-order valence-electron chi connectivity index (χ3n) is 3.75. The van der Waals surface area contributed by atoms with Crippen LogP contribution in [0.5, 0.6) is 0 Å². The van der Waals surface area contributed by atoms with E-state index in [-0.39, 0.29) is 21.6 Å². The molecule has 1 aromatic heterocycles. The molecule has 2 unspecified atom stereocenters. The van der Waals surface area contributed by atoms with E-state index in [1.54, 1.807) is 0 Å². The Bertz CT molecular complexity index is 807. The van der Waals surface area contributed by atoms with Crippen LogP contribution in [0.3, 0.4) is 0 Å². The molecule has 2 aromatic rings. The summed E-state index contributed by atoms with van der Waals surface area (Å²) in [6.45, 7) is 0.662. The molecule has 2 N–H and O–H groups in total. The molecule has 0 aliphatic carbocycles. The van der Waals surface area contributed by atoms with Gasteiger partial charge in [-0.1, -0.05) is 17.7 Å². The van der Waals surface area contributed by atoms with Gasteiger partial charge in [0.2, 0.25) is 0 Å². The lowest BCUT2D eigenvalue weighted by molar-refractivity contribution is -0.139. The van der Waals surface area contributed by atoms with Crippen LogP contribution in [0.4, 0.5) is 4.39 Å². The number of halogens is 2. The van der Waals surface area contributed by atoms with Crippen LogP contribution in [0.15, 0.2) is 24.4 Å². The zero-order valence-corrected chi connectivity index (χ0v) is 14.4. The van der Waals surface area contributed by atoms with Gasteiger partial charge >= 0.3 is 5.97 Å². The fourth-order valence-electron chi connectivity index (χ4n) is 2.50. The molecule has 3 rings (SSSR count). The highest BCUT2D eigenvalue weighted by Crippen LogP contribution is 2.31. The SMILES string of the molecule is O=C(NC(C(=O)O)c1ccc(Cl)c(F)c1)c1cnc(C2CCCO2)s1. The molecular weight excluding hydrogens is 371 g/mol. The Morgan fingerprint density at radius 1 is 1.48 bits per heavy atom. The molecule has 1 aliphatic heterocycles. The lowest BCUT2D eigenvalue weighted by atomic mass is 10.1. The van der Waals surface area contributed by atoms with Gasteiger partial charge in [0.15, 0.2) is 6.04 Å². The number of rotatable bonds is 5. The van der Waals surface area contributed by atoms with Gasteiger partial charge in [0, 0.05) is 6.61 Å². The first-order valence-electron chi connectivity index (χ1n) is 7.51. The van der Waals surface area contributed by atoms with E-state index in [0.717, 1.165) is 30.2 Å². The van der Waals surface area contributed by atoms with E-state index in [2.05, 4.69) is 10.3 Å². The lowest BCUT2D eigenvalue weighted by Gasteiger charge is -2.14. The Morgan fingerprint density at radius 2 is 2.28 bits per heavy atom. The predicted octanol–water partition coefficient (Wildman–Crippen LogP) is 3.34. The van der Waals surface area contributed by atoms with Crippen LogP contribution in [0.25, 0.3) is 0 Å². The van der Waals surface area contributed by atoms with Gasteiger partial charge < -0.3 is 15.2 Å². The number of nitrogens with zero attached hydrogens (tertiary/aromatic N) is 1. The first kappa shape index (κ1) is 17.8. The number of benzene rings is 1. The summed E-state index contributed by atoms with van der Waals surface area (Å²) in [5.74, 6) is -2.65. The van der Waals surface area contributed by atoms with E-state index in [0.29, 0.717) is 11.6 Å². The van der Waals surface area contributed by atoms with Gasteiger partial charge in [-0.15, -0.1) is 11.3 Å². The fourth-order valence-corrected chi connectivity index (χ4v) is 3.52. The molecule has 0 radical (unpaired) electrons. The van der Waals surface area contributed by atoms with E-state index in [9.17, 15) is 19.1 Å². The number of thiazole rings is 1. The number of aromatic nitrogens is 1. The number of carbonyl (C=O) groups excluding carboxylic acids is 1. The standard InChI is InChI=1S/C16H14ClFN2O4S/c17-9-4-3-8(6-10(9)18)13(16(22)23)20-14(21)12-7-19-15(25-12)11-2-1-5-24-11/h3-4,6-7,11,13H,1-2,5H2,(H,20,21)(H,22,23). The number of carbonyl (C=O) groups is 2. The first-order chi connectivity index (χ1) is 12.0. The maximum Gasteiger partial charge on any atom is 0.330 e. The second-order valence-corrected chi connectivity index (χ2v) is 6.95. The number of hydrogen-bond acceptors (Lipinski definition) is 5. The fraction of sp³-hybridized carbons (Fsp3) is 0.312. The summed E-state index contributed by atoms with van der Waals surface area (Å²) >= 11 is 6.76. The minimum absolute atomic E-state index is 0.0895. The van der Waals surface area contributed by atoms with Crippen molar-refractivity contribution in [2.45, 2.75) is 25.0 Å². The summed E-state index contributed by atoms with van der Waals surface area (Å²) in [5.41, 5.74) is 0.0895. The third kappa shape index (κ3) is 3.97. The van der Waals surface area contributed by atoms with Crippen molar-refractivity contribution < 1.29 is 23.8 Å². The van der Waals surface area contributed by atoms with Gasteiger partial charge in [-0.2, -0.15) is 0 Å². The minimum Gasteiger partial charge on any atom is -0.479 e. The Labute approximate surface area is 151 Å². The Balaban J connectivity index is 1.76. The molecule has 2 atom stereocenters. The van der Waals surface area contributed by atoms with E-state index >= 15 is 0 Å². The second kappa shape index (κ2) is 7.47. The van der Waals surface area contributed by atoms with Crippen molar-refractivity contribution in [3.8, 4) is 0 Å². The number of amides is 1. The molecule has 1 aromatic carbocycles. The van der Waals surface area contributed by atoms with Gasteiger partial charge in [0.05, 0.1) is 11.2 Å². The molecule has 1 aliphatic rings. The number of carboxylic acid groups (broad SMARTS) is 1. The Hall–Kier alpha value is -2.03. The number of ether oxygens (including phenoxy) is 1. The molecule has 1 saturated heterocycles. The summed E-state index contributed by atoms with van der Waals surface area (Å²) in [7, 11) is 0. The molecule has 2 heterocycles. The molecule has 25 heavy (non-hydrogen) atoms. The summed E-state index contributed by atoms with van der Waals surface area (Å²) in [6.07, 6.45) is 3.05. The van der Waals surface area contributed by atoms with E-state index < -0.39 is 23.7 Å².